The lowest BCUT2D eigenvalue weighted by atomic mass is 10.0. The number of ether oxygens (including phenoxy) is 1. The van der Waals surface area contributed by atoms with Crippen LogP contribution in [-0.2, 0) is 16.0 Å². The molecule has 1 aromatic carbocycles. The molecule has 16 heavy (non-hydrogen) atoms. The van der Waals surface area contributed by atoms with Crippen LogP contribution in [0.25, 0.3) is 0 Å². The van der Waals surface area contributed by atoms with Crippen molar-refractivity contribution in [3.8, 4) is 6.07 Å². The van der Waals surface area contributed by atoms with Gasteiger partial charge < -0.3 is 9.53 Å². The standard InChI is InChI=1S/C11H8INO3/c1-16-11(15)9-5-10(12)8(6-13)4-7(9)2-3-14/h3-5H,2H2,1H3. The van der Waals surface area contributed by atoms with E-state index in [0.717, 1.165) is 0 Å². The second-order valence-electron chi connectivity index (χ2n) is 2.96. The third-order valence-corrected chi connectivity index (χ3v) is 2.91. The summed E-state index contributed by atoms with van der Waals surface area (Å²) in [6.07, 6.45) is 0.784. The Hall–Kier alpha value is -1.42. The number of halogens is 1. The quantitative estimate of drug-likeness (QED) is 0.481. The summed E-state index contributed by atoms with van der Waals surface area (Å²) < 4.78 is 5.27. The van der Waals surface area contributed by atoms with E-state index in [1.54, 1.807) is 12.1 Å². The molecule has 1 rings (SSSR count). The van der Waals surface area contributed by atoms with E-state index in [2.05, 4.69) is 4.74 Å². The van der Waals surface area contributed by atoms with E-state index in [0.29, 0.717) is 26.5 Å². The number of benzene rings is 1. The van der Waals surface area contributed by atoms with Gasteiger partial charge in [0, 0.05) is 9.99 Å². The summed E-state index contributed by atoms with van der Waals surface area (Å²) in [7, 11) is 1.28. The maximum absolute atomic E-state index is 11.4. The fourth-order valence-corrected chi connectivity index (χ4v) is 1.85. The zero-order valence-electron chi connectivity index (χ0n) is 8.49. The van der Waals surface area contributed by atoms with Gasteiger partial charge in [0.25, 0.3) is 0 Å². The topological polar surface area (TPSA) is 67.2 Å². The number of nitrogens with zero attached hydrogens (tertiary/aromatic N) is 1. The van der Waals surface area contributed by atoms with Gasteiger partial charge in [-0.3, -0.25) is 0 Å². The molecule has 0 saturated carbocycles. The van der Waals surface area contributed by atoms with Gasteiger partial charge in [0.05, 0.1) is 18.2 Å². The van der Waals surface area contributed by atoms with Gasteiger partial charge in [-0.1, -0.05) is 0 Å². The predicted molar refractivity (Wildman–Crippen MR) is 65.0 cm³/mol. The van der Waals surface area contributed by atoms with Gasteiger partial charge in [-0.05, 0) is 40.3 Å². The molecule has 0 amide bonds. The molecule has 0 fully saturated rings. The second-order valence-corrected chi connectivity index (χ2v) is 4.13. The molecular weight excluding hydrogens is 321 g/mol. The fraction of sp³-hybridized carbons (Fsp3) is 0.182. The van der Waals surface area contributed by atoms with Gasteiger partial charge in [0.1, 0.15) is 12.4 Å². The number of hydrogen-bond acceptors (Lipinski definition) is 4. The van der Waals surface area contributed by atoms with Crippen molar-refractivity contribution in [1.82, 2.24) is 0 Å². The Morgan fingerprint density at radius 2 is 2.31 bits per heavy atom. The molecule has 0 radical (unpaired) electrons. The van der Waals surface area contributed by atoms with Crippen LogP contribution in [0.4, 0.5) is 0 Å². The third kappa shape index (κ3) is 2.58. The van der Waals surface area contributed by atoms with Crippen LogP contribution in [0, 0.1) is 14.9 Å². The molecule has 0 aliphatic rings. The first-order valence-corrected chi connectivity index (χ1v) is 5.46. The zero-order valence-corrected chi connectivity index (χ0v) is 10.6. The molecule has 0 saturated heterocycles. The minimum Gasteiger partial charge on any atom is -0.465 e. The molecule has 82 valence electrons. The van der Waals surface area contributed by atoms with Gasteiger partial charge in [-0.15, -0.1) is 0 Å². The maximum atomic E-state index is 11.4. The largest absolute Gasteiger partial charge is 0.465 e. The molecule has 0 aliphatic carbocycles. The van der Waals surface area contributed by atoms with Crippen LogP contribution in [-0.4, -0.2) is 19.4 Å². The highest BCUT2D eigenvalue weighted by Gasteiger charge is 2.14. The first-order valence-electron chi connectivity index (χ1n) is 4.38. The lowest BCUT2D eigenvalue weighted by Crippen LogP contribution is -2.07. The molecule has 0 spiro atoms. The number of methoxy groups -OCH3 is 1. The lowest BCUT2D eigenvalue weighted by Gasteiger charge is -2.07. The van der Waals surface area contributed by atoms with Crippen molar-refractivity contribution in [2.75, 3.05) is 7.11 Å². The van der Waals surface area contributed by atoms with Gasteiger partial charge in [-0.25, -0.2) is 4.79 Å². The SMILES string of the molecule is COC(=O)c1cc(I)c(C#N)cc1CC=O. The van der Waals surface area contributed by atoms with E-state index in [1.165, 1.54) is 7.11 Å². The van der Waals surface area contributed by atoms with Gasteiger partial charge >= 0.3 is 5.97 Å². The number of nitriles is 1. The monoisotopic (exact) mass is 329 g/mol. The van der Waals surface area contributed by atoms with Crippen molar-refractivity contribution in [3.63, 3.8) is 0 Å². The van der Waals surface area contributed by atoms with E-state index in [9.17, 15) is 9.59 Å². The Morgan fingerprint density at radius 1 is 1.62 bits per heavy atom. The normalized spacial score (nSPS) is 9.31. The first kappa shape index (κ1) is 12.6. The minimum absolute atomic E-state index is 0.0933. The van der Waals surface area contributed by atoms with Crippen LogP contribution in [0.15, 0.2) is 12.1 Å². The molecule has 4 nitrogen and oxygen atoms in total. The second kappa shape index (κ2) is 5.61. The Bertz CT molecular complexity index is 477. The summed E-state index contributed by atoms with van der Waals surface area (Å²) in [4.78, 5) is 21.9. The number of hydrogen-bond donors (Lipinski definition) is 0. The van der Waals surface area contributed by atoms with Crippen molar-refractivity contribution in [2.45, 2.75) is 6.42 Å². The Kier molecular flexibility index (Phi) is 4.43. The molecule has 5 heteroatoms. The fourth-order valence-electron chi connectivity index (χ4n) is 1.26. The van der Waals surface area contributed by atoms with Crippen molar-refractivity contribution < 1.29 is 14.3 Å². The highest BCUT2D eigenvalue weighted by atomic mass is 127. The smallest absolute Gasteiger partial charge is 0.338 e. The molecule has 0 N–H and O–H groups in total. The molecule has 1 aromatic rings. The van der Waals surface area contributed by atoms with E-state index in [4.69, 9.17) is 5.26 Å². The van der Waals surface area contributed by atoms with Crippen molar-refractivity contribution >= 4 is 34.8 Å². The van der Waals surface area contributed by atoms with Crippen LogP contribution in [0.2, 0.25) is 0 Å². The average Bonchev–Trinajstić information content (AvgIpc) is 2.30. The third-order valence-electron chi connectivity index (χ3n) is 2.02. The number of carbonyl (C=O) groups excluding carboxylic acids is 2. The van der Waals surface area contributed by atoms with Gasteiger partial charge in [0.2, 0.25) is 0 Å². The van der Waals surface area contributed by atoms with E-state index >= 15 is 0 Å². The van der Waals surface area contributed by atoms with Crippen LogP contribution in [0.3, 0.4) is 0 Å². The van der Waals surface area contributed by atoms with E-state index in [1.807, 2.05) is 28.7 Å². The summed E-state index contributed by atoms with van der Waals surface area (Å²) in [5, 5.41) is 8.84. The number of rotatable bonds is 3. The van der Waals surface area contributed by atoms with Crippen LogP contribution in [0.1, 0.15) is 21.5 Å². The molecule has 0 aromatic heterocycles. The number of carbonyl (C=O) groups is 2. The van der Waals surface area contributed by atoms with Crippen LogP contribution >= 0.6 is 22.6 Å². The highest BCUT2D eigenvalue weighted by Crippen LogP contribution is 2.19. The van der Waals surface area contributed by atoms with E-state index in [-0.39, 0.29) is 6.42 Å². The summed E-state index contributed by atoms with van der Waals surface area (Å²) in [5.74, 6) is -0.501. The first-order chi connectivity index (χ1) is 7.63. The van der Waals surface area contributed by atoms with E-state index < -0.39 is 5.97 Å². The summed E-state index contributed by atoms with van der Waals surface area (Å²) in [6.45, 7) is 0. The Balaban J connectivity index is 3.36. The summed E-state index contributed by atoms with van der Waals surface area (Å²) in [6, 6.07) is 5.11. The molecule has 0 unspecified atom stereocenters. The zero-order chi connectivity index (χ0) is 12.1. The van der Waals surface area contributed by atoms with Crippen LogP contribution in [0.5, 0.6) is 0 Å². The molecule has 0 atom stereocenters. The maximum Gasteiger partial charge on any atom is 0.338 e. The summed E-state index contributed by atoms with van der Waals surface area (Å²) >= 11 is 1.96. The Morgan fingerprint density at radius 3 is 2.81 bits per heavy atom. The number of esters is 1. The van der Waals surface area contributed by atoms with Crippen molar-refractivity contribution in [2.24, 2.45) is 0 Å². The van der Waals surface area contributed by atoms with Crippen molar-refractivity contribution in [3.05, 3.63) is 32.4 Å². The molecular formula is C11H8INO3. The van der Waals surface area contributed by atoms with Gasteiger partial charge in [0.15, 0.2) is 0 Å². The molecule has 0 heterocycles. The molecule has 0 aliphatic heterocycles. The number of aldehydes is 1. The average molecular weight is 329 g/mol. The van der Waals surface area contributed by atoms with Crippen molar-refractivity contribution in [1.29, 1.82) is 5.26 Å². The predicted octanol–water partition coefficient (Wildman–Crippen LogP) is 1.69. The Labute approximate surface area is 106 Å². The van der Waals surface area contributed by atoms with Crippen LogP contribution < -0.4 is 0 Å². The molecule has 0 bridgehead atoms. The highest BCUT2D eigenvalue weighted by molar-refractivity contribution is 14.1. The van der Waals surface area contributed by atoms with Gasteiger partial charge in [-0.2, -0.15) is 5.26 Å². The minimum atomic E-state index is -0.501. The lowest BCUT2D eigenvalue weighted by molar-refractivity contribution is -0.107. The summed E-state index contributed by atoms with van der Waals surface area (Å²) in [5.41, 5.74) is 1.29.